The largest absolute Gasteiger partial charge is 0.856 e. The van der Waals surface area contributed by atoms with E-state index < -0.39 is 5.88 Å². The van der Waals surface area contributed by atoms with Gasteiger partial charge in [0, 0.05) is 17.5 Å². The topological polar surface area (TPSA) is 110 Å². The fourth-order valence-corrected chi connectivity index (χ4v) is 3.29. The summed E-state index contributed by atoms with van der Waals surface area (Å²) in [6.07, 6.45) is 8.09. The summed E-state index contributed by atoms with van der Waals surface area (Å²) in [5, 5.41) is 14.4. The molecule has 1 fully saturated rings. The van der Waals surface area contributed by atoms with Crippen LogP contribution in [0.4, 0.5) is 0 Å². The second kappa shape index (κ2) is 6.80. The summed E-state index contributed by atoms with van der Waals surface area (Å²) in [4.78, 5) is 12.4. The van der Waals surface area contributed by atoms with E-state index in [2.05, 4.69) is 32.2 Å². The van der Waals surface area contributed by atoms with Crippen LogP contribution in [0.3, 0.4) is 0 Å². The van der Waals surface area contributed by atoms with Crippen LogP contribution < -0.4 is 9.84 Å². The first-order valence-corrected chi connectivity index (χ1v) is 8.86. The molecular weight excluding hydrogens is 360 g/mol. The maximum absolute atomic E-state index is 11.1. The highest BCUT2D eigenvalue weighted by Crippen LogP contribution is 2.40. The van der Waals surface area contributed by atoms with E-state index in [4.69, 9.17) is 13.7 Å². The molecule has 1 aliphatic rings. The van der Waals surface area contributed by atoms with Crippen LogP contribution in [0.25, 0.3) is 22.8 Å². The van der Waals surface area contributed by atoms with Gasteiger partial charge in [0.25, 0.3) is 0 Å². The van der Waals surface area contributed by atoms with E-state index in [0.29, 0.717) is 23.3 Å². The van der Waals surface area contributed by atoms with Crippen molar-refractivity contribution >= 4 is 0 Å². The number of hydrogen-bond acceptors (Lipinski definition) is 8. The molecule has 0 bridgehead atoms. The normalized spacial score (nSPS) is 18.6. The molecule has 0 spiro atoms. The Labute approximate surface area is 159 Å². The number of nitrogens with zero attached hydrogens (tertiary/aromatic N) is 4. The van der Waals surface area contributed by atoms with Crippen molar-refractivity contribution in [2.45, 2.75) is 24.9 Å². The van der Waals surface area contributed by atoms with Crippen molar-refractivity contribution in [3.05, 3.63) is 60.9 Å². The highest BCUT2D eigenvalue weighted by Gasteiger charge is 2.32. The Morgan fingerprint density at radius 2 is 1.96 bits per heavy atom. The molecule has 140 valence electrons. The van der Waals surface area contributed by atoms with E-state index in [1.807, 2.05) is 12.1 Å². The molecule has 1 aliphatic carbocycles. The number of benzene rings is 1. The van der Waals surface area contributed by atoms with Gasteiger partial charge in [0.05, 0.1) is 18.6 Å². The Kier molecular flexibility index (Phi) is 4.01. The fourth-order valence-electron chi connectivity index (χ4n) is 3.29. The molecule has 8 nitrogen and oxygen atoms in total. The Bertz CT molecular complexity index is 1070. The Morgan fingerprint density at radius 1 is 1.04 bits per heavy atom. The lowest BCUT2D eigenvalue weighted by Crippen LogP contribution is -2.32. The van der Waals surface area contributed by atoms with Gasteiger partial charge in [0.15, 0.2) is 17.9 Å². The van der Waals surface area contributed by atoms with Crippen molar-refractivity contribution in [2.24, 2.45) is 0 Å². The predicted octanol–water partition coefficient (Wildman–Crippen LogP) is 3.19. The molecule has 0 N–H and O–H groups in total. The molecule has 0 aliphatic heterocycles. The first-order chi connectivity index (χ1) is 13.7. The third kappa shape index (κ3) is 3.20. The van der Waals surface area contributed by atoms with E-state index in [9.17, 15) is 5.11 Å². The van der Waals surface area contributed by atoms with Gasteiger partial charge in [0.1, 0.15) is 11.8 Å². The van der Waals surface area contributed by atoms with Gasteiger partial charge in [-0.15, -0.1) is 0 Å². The Balaban J connectivity index is 1.20. The minimum atomic E-state index is -0.440. The lowest BCUT2D eigenvalue weighted by atomic mass is 9.77. The zero-order valence-corrected chi connectivity index (χ0v) is 14.7. The number of aromatic nitrogens is 4. The van der Waals surface area contributed by atoms with Crippen LogP contribution in [0, 0.1) is 0 Å². The van der Waals surface area contributed by atoms with Gasteiger partial charge in [-0.2, -0.15) is 0 Å². The van der Waals surface area contributed by atoms with Gasteiger partial charge in [-0.25, -0.2) is 15.0 Å². The molecule has 0 amide bonds. The minimum Gasteiger partial charge on any atom is -0.856 e. The fraction of sp³-hybridized carbons (Fsp3) is 0.200. The van der Waals surface area contributed by atoms with Crippen LogP contribution in [0.2, 0.25) is 0 Å². The van der Waals surface area contributed by atoms with Crippen LogP contribution in [0.1, 0.15) is 24.3 Å². The summed E-state index contributed by atoms with van der Waals surface area (Å²) in [6.45, 7) is 0. The smallest absolute Gasteiger partial charge is 0.232 e. The molecule has 0 radical (unpaired) electrons. The van der Waals surface area contributed by atoms with Crippen molar-refractivity contribution in [3.63, 3.8) is 0 Å². The molecule has 8 heteroatoms. The molecule has 28 heavy (non-hydrogen) atoms. The third-order valence-electron chi connectivity index (χ3n) is 4.83. The molecule has 5 rings (SSSR count). The molecule has 3 heterocycles. The average molecular weight is 375 g/mol. The maximum Gasteiger partial charge on any atom is 0.232 e. The number of ether oxygens (including phenoxy) is 1. The van der Waals surface area contributed by atoms with Crippen molar-refractivity contribution in [1.29, 1.82) is 0 Å². The molecule has 4 aromatic rings. The standard InChI is InChI=1S/C20H16N4O4/c25-19-7-17(28-24-19)16-8-23-20(10-22-16)27-15-5-14(6-15)12-2-1-3-13(4-12)18-9-21-11-26-18/h1-4,7-11,14-15H,5-6H2,(H,24,25)/p-1. The van der Waals surface area contributed by atoms with Gasteiger partial charge >= 0.3 is 0 Å². The molecule has 1 aromatic carbocycles. The van der Waals surface area contributed by atoms with Gasteiger partial charge in [0.2, 0.25) is 5.88 Å². The second-order valence-electron chi connectivity index (χ2n) is 6.67. The lowest BCUT2D eigenvalue weighted by Gasteiger charge is -2.35. The van der Waals surface area contributed by atoms with Crippen LogP contribution in [0.5, 0.6) is 11.8 Å². The quantitative estimate of drug-likeness (QED) is 0.523. The van der Waals surface area contributed by atoms with E-state index in [-0.39, 0.29) is 6.10 Å². The van der Waals surface area contributed by atoms with Crippen LogP contribution >= 0.6 is 0 Å². The highest BCUT2D eigenvalue weighted by molar-refractivity contribution is 5.57. The minimum absolute atomic E-state index is 0.0950. The van der Waals surface area contributed by atoms with Crippen LogP contribution in [-0.4, -0.2) is 26.2 Å². The summed E-state index contributed by atoms with van der Waals surface area (Å²) in [5.41, 5.74) is 2.72. The monoisotopic (exact) mass is 375 g/mol. The van der Waals surface area contributed by atoms with Crippen molar-refractivity contribution in [1.82, 2.24) is 20.1 Å². The van der Waals surface area contributed by atoms with Gasteiger partial charge in [-0.3, -0.25) is 0 Å². The average Bonchev–Trinajstić information content (AvgIpc) is 3.37. The molecule has 3 aromatic heterocycles. The van der Waals surface area contributed by atoms with Gasteiger partial charge < -0.3 is 18.8 Å². The summed E-state index contributed by atoms with van der Waals surface area (Å²) < 4.78 is 16.1. The van der Waals surface area contributed by atoms with Crippen molar-refractivity contribution in [2.75, 3.05) is 0 Å². The third-order valence-corrected chi connectivity index (χ3v) is 4.83. The zero-order valence-electron chi connectivity index (χ0n) is 14.7. The zero-order chi connectivity index (χ0) is 18.9. The summed E-state index contributed by atoms with van der Waals surface area (Å²) in [5.74, 6) is 1.50. The predicted molar refractivity (Wildman–Crippen MR) is 95.3 cm³/mol. The SMILES string of the molecule is [O-]c1cc(-c2cnc(OC3CC(c4cccc(-c5cnco5)c4)C3)cn2)on1. The Morgan fingerprint density at radius 3 is 2.68 bits per heavy atom. The van der Waals surface area contributed by atoms with Crippen molar-refractivity contribution in [3.8, 4) is 34.5 Å². The van der Waals surface area contributed by atoms with E-state index in [0.717, 1.165) is 24.2 Å². The first kappa shape index (κ1) is 16.5. The highest BCUT2D eigenvalue weighted by atomic mass is 16.5. The first-order valence-electron chi connectivity index (χ1n) is 8.86. The Hall–Kier alpha value is -3.68. The van der Waals surface area contributed by atoms with Crippen LogP contribution in [-0.2, 0) is 0 Å². The second-order valence-corrected chi connectivity index (χ2v) is 6.67. The maximum atomic E-state index is 11.1. The van der Waals surface area contributed by atoms with Crippen LogP contribution in [0.15, 0.2) is 64.3 Å². The molecular formula is C20H15N4O4-. The van der Waals surface area contributed by atoms with E-state index in [1.54, 1.807) is 6.20 Å². The van der Waals surface area contributed by atoms with Gasteiger partial charge in [-0.1, -0.05) is 23.4 Å². The summed E-state index contributed by atoms with van der Waals surface area (Å²) >= 11 is 0. The number of hydrogen-bond donors (Lipinski definition) is 0. The lowest BCUT2D eigenvalue weighted by molar-refractivity contribution is -0.277. The summed E-state index contributed by atoms with van der Waals surface area (Å²) in [6, 6.07) is 9.57. The molecule has 0 atom stereocenters. The van der Waals surface area contributed by atoms with Crippen molar-refractivity contribution < 1.29 is 18.8 Å². The molecule has 0 saturated heterocycles. The summed E-state index contributed by atoms with van der Waals surface area (Å²) in [7, 11) is 0. The molecule has 1 saturated carbocycles. The van der Waals surface area contributed by atoms with E-state index in [1.165, 1.54) is 30.4 Å². The van der Waals surface area contributed by atoms with E-state index >= 15 is 0 Å². The molecule has 0 unspecified atom stereocenters. The number of rotatable bonds is 5. The number of oxazole rings is 1. The van der Waals surface area contributed by atoms with Gasteiger partial charge in [-0.05, 0) is 30.4 Å².